The molecule has 0 saturated heterocycles. The lowest BCUT2D eigenvalue weighted by Crippen LogP contribution is -2.37. The van der Waals surface area contributed by atoms with Gasteiger partial charge in [0.25, 0.3) is 7.82 Å². The summed E-state index contributed by atoms with van der Waals surface area (Å²) in [5, 5.41) is 0. The first kappa shape index (κ1) is 27.0. The van der Waals surface area contributed by atoms with Crippen LogP contribution >= 0.6 is 7.82 Å². The maximum atomic E-state index is 11.8. The summed E-state index contributed by atoms with van der Waals surface area (Å²) in [4.78, 5) is 11.8. The topological polar surface area (TPSA) is 58.6 Å². The van der Waals surface area contributed by atoms with Gasteiger partial charge >= 0.3 is 0 Å². The minimum atomic E-state index is -4.21. The zero-order valence-corrected chi connectivity index (χ0v) is 20.8. The summed E-state index contributed by atoms with van der Waals surface area (Å²) in [7, 11) is 1.73. The molecule has 0 aliphatic heterocycles. The molecule has 0 radical (unpaired) electrons. The molecule has 0 aliphatic rings. The van der Waals surface area contributed by atoms with Gasteiger partial charge in [0.2, 0.25) is 0 Å². The highest BCUT2D eigenvalue weighted by molar-refractivity contribution is 7.45. The largest absolute Gasteiger partial charge is 0.756 e. The van der Waals surface area contributed by atoms with E-state index in [0.717, 1.165) is 18.4 Å². The first-order valence-electron chi connectivity index (χ1n) is 11.3. The van der Waals surface area contributed by atoms with Gasteiger partial charge in [0.15, 0.2) is 0 Å². The van der Waals surface area contributed by atoms with Crippen LogP contribution in [-0.4, -0.2) is 45.4 Å². The molecule has 0 heterocycles. The molecular formula is C27H36NO4P. The van der Waals surface area contributed by atoms with E-state index < -0.39 is 7.82 Å². The van der Waals surface area contributed by atoms with Gasteiger partial charge in [-0.05, 0) is 36.0 Å². The van der Waals surface area contributed by atoms with Crippen LogP contribution in [0.15, 0.2) is 78.9 Å². The number of hydrogen-bond donors (Lipinski definition) is 0. The van der Waals surface area contributed by atoms with E-state index in [9.17, 15) is 9.46 Å². The molecule has 2 aromatic rings. The van der Waals surface area contributed by atoms with Crippen LogP contribution in [0, 0.1) is 0 Å². The van der Waals surface area contributed by atoms with Crippen molar-refractivity contribution in [1.29, 1.82) is 0 Å². The van der Waals surface area contributed by atoms with Crippen molar-refractivity contribution in [2.75, 3.05) is 40.9 Å². The number of hydrogen-bond acceptors (Lipinski definition) is 4. The van der Waals surface area contributed by atoms with Gasteiger partial charge in [0.1, 0.15) is 13.2 Å². The smallest absolute Gasteiger partial charge is 0.268 e. The minimum absolute atomic E-state index is 0.130. The Morgan fingerprint density at radius 1 is 0.788 bits per heavy atom. The van der Waals surface area contributed by atoms with Crippen LogP contribution in [0.2, 0.25) is 0 Å². The number of unbranched alkanes of at least 4 members (excludes halogenated alkanes) is 1. The van der Waals surface area contributed by atoms with Crippen LogP contribution in [0.5, 0.6) is 0 Å². The number of benzene rings is 2. The number of aryl methyl sites for hydroxylation is 1. The first-order valence-corrected chi connectivity index (χ1v) is 12.8. The van der Waals surface area contributed by atoms with E-state index >= 15 is 0 Å². The lowest BCUT2D eigenvalue weighted by molar-refractivity contribution is -0.870. The number of rotatable bonds is 14. The van der Waals surface area contributed by atoms with Crippen LogP contribution in [0.4, 0.5) is 0 Å². The van der Waals surface area contributed by atoms with E-state index in [0.29, 0.717) is 17.4 Å². The third kappa shape index (κ3) is 13.1. The van der Waals surface area contributed by atoms with E-state index in [4.69, 9.17) is 9.05 Å². The Balaban J connectivity index is 1.63. The molecular weight excluding hydrogens is 433 g/mol. The molecule has 0 N–H and O–H groups in total. The molecule has 2 aromatic carbocycles. The molecule has 5 nitrogen and oxygen atoms in total. The Morgan fingerprint density at radius 3 is 1.97 bits per heavy atom. The van der Waals surface area contributed by atoms with Gasteiger partial charge in [-0.25, -0.2) is 0 Å². The number of phosphoric acid groups is 1. The summed E-state index contributed by atoms with van der Waals surface area (Å²) >= 11 is 0. The molecule has 0 aliphatic carbocycles. The fourth-order valence-corrected chi connectivity index (χ4v) is 3.62. The zero-order valence-electron chi connectivity index (χ0n) is 19.9. The number of phosphoric ester groups is 1. The summed E-state index contributed by atoms with van der Waals surface area (Å²) in [6.07, 6.45) is 14.6. The predicted molar refractivity (Wildman–Crippen MR) is 135 cm³/mol. The molecule has 6 heteroatoms. The molecule has 0 saturated carbocycles. The number of quaternary nitrogens is 1. The first-order chi connectivity index (χ1) is 15.7. The normalized spacial score (nSPS) is 14.4. The molecule has 0 aromatic heterocycles. The Bertz CT molecular complexity index is 944. The maximum Gasteiger partial charge on any atom is 0.268 e. The molecule has 2 rings (SSSR count). The summed E-state index contributed by atoms with van der Waals surface area (Å²) in [6, 6.07) is 18.6. The average Bonchev–Trinajstić information content (AvgIpc) is 2.76. The highest BCUT2D eigenvalue weighted by Gasteiger charge is 2.13. The number of likely N-dealkylation sites (N-methyl/N-ethyl adjacent to an activating group) is 1. The van der Waals surface area contributed by atoms with E-state index in [1.807, 2.05) is 63.6 Å². The Hall–Kier alpha value is -2.27. The number of nitrogens with zero attached hydrogens (tertiary/aromatic N) is 1. The molecule has 178 valence electrons. The van der Waals surface area contributed by atoms with Crippen molar-refractivity contribution in [3.63, 3.8) is 0 Å². The van der Waals surface area contributed by atoms with Gasteiger partial charge in [-0.1, -0.05) is 91.1 Å². The van der Waals surface area contributed by atoms with Crippen LogP contribution in [0.25, 0.3) is 12.2 Å². The third-order valence-electron chi connectivity index (χ3n) is 4.81. The van der Waals surface area contributed by atoms with Crippen molar-refractivity contribution in [2.45, 2.75) is 19.3 Å². The molecule has 1 atom stereocenters. The molecule has 1 unspecified atom stereocenters. The summed E-state index contributed by atoms with van der Waals surface area (Å²) in [5.74, 6) is 0. The van der Waals surface area contributed by atoms with E-state index in [1.54, 1.807) is 0 Å². The van der Waals surface area contributed by atoms with Crippen LogP contribution in [0.3, 0.4) is 0 Å². The summed E-state index contributed by atoms with van der Waals surface area (Å²) < 4.78 is 22.2. The lowest BCUT2D eigenvalue weighted by Gasteiger charge is -2.27. The van der Waals surface area contributed by atoms with Crippen molar-refractivity contribution < 1.29 is 23.0 Å². The van der Waals surface area contributed by atoms with Gasteiger partial charge in [0, 0.05) is 0 Å². The average molecular weight is 470 g/mol. The van der Waals surface area contributed by atoms with Crippen LogP contribution in [-0.2, 0) is 20.0 Å². The highest BCUT2D eigenvalue weighted by Crippen LogP contribution is 2.38. The van der Waals surface area contributed by atoms with E-state index in [1.165, 1.54) is 11.1 Å². The number of allylic oxidation sites excluding steroid dienone is 4. The van der Waals surface area contributed by atoms with Gasteiger partial charge < -0.3 is 18.4 Å². The molecule has 0 spiro atoms. The van der Waals surface area contributed by atoms with E-state index in [2.05, 4.69) is 48.6 Å². The van der Waals surface area contributed by atoms with Crippen molar-refractivity contribution in [3.05, 3.63) is 95.6 Å². The third-order valence-corrected chi connectivity index (χ3v) is 5.81. The lowest BCUT2D eigenvalue weighted by atomic mass is 10.1. The van der Waals surface area contributed by atoms with Gasteiger partial charge in [-0.15, -0.1) is 0 Å². The van der Waals surface area contributed by atoms with E-state index in [-0.39, 0.29) is 13.2 Å². The van der Waals surface area contributed by atoms with Gasteiger partial charge in [-0.2, -0.15) is 0 Å². The molecule has 0 bridgehead atoms. The monoisotopic (exact) mass is 469 g/mol. The predicted octanol–water partition coefficient (Wildman–Crippen LogP) is 5.50. The SMILES string of the molecule is C[N+](C)(C)CCOP(=O)([O-])OCCCCc1ccc(/C=C/C=C/C=C/c2ccccc2)cc1. The van der Waals surface area contributed by atoms with Crippen LogP contribution < -0.4 is 4.89 Å². The fraction of sp³-hybridized carbons (Fsp3) is 0.333. The molecule has 33 heavy (non-hydrogen) atoms. The Kier molecular flexibility index (Phi) is 11.5. The second-order valence-corrected chi connectivity index (χ2v) is 10.3. The minimum Gasteiger partial charge on any atom is -0.756 e. The summed E-state index contributed by atoms with van der Waals surface area (Å²) in [5.41, 5.74) is 3.54. The zero-order chi connectivity index (χ0) is 24.0. The van der Waals surface area contributed by atoms with Gasteiger partial charge in [0.05, 0.1) is 27.7 Å². The van der Waals surface area contributed by atoms with Crippen molar-refractivity contribution in [3.8, 4) is 0 Å². The highest BCUT2D eigenvalue weighted by atomic mass is 31.2. The van der Waals surface area contributed by atoms with Crippen molar-refractivity contribution >= 4 is 20.0 Å². The van der Waals surface area contributed by atoms with Crippen molar-refractivity contribution in [1.82, 2.24) is 0 Å². The quantitative estimate of drug-likeness (QED) is 0.159. The Labute approximate surface area is 198 Å². The van der Waals surface area contributed by atoms with Gasteiger partial charge in [-0.3, -0.25) is 4.57 Å². The van der Waals surface area contributed by atoms with Crippen LogP contribution in [0.1, 0.15) is 29.5 Å². The maximum absolute atomic E-state index is 11.8. The fourth-order valence-electron chi connectivity index (χ4n) is 2.89. The van der Waals surface area contributed by atoms with Crippen molar-refractivity contribution in [2.24, 2.45) is 0 Å². The summed E-state index contributed by atoms with van der Waals surface area (Å²) in [6.45, 7) is 0.880. The molecule has 0 amide bonds. The Morgan fingerprint density at radius 2 is 1.36 bits per heavy atom. The second-order valence-electron chi connectivity index (χ2n) is 8.84. The second kappa shape index (κ2) is 14.1. The standard InChI is InChI=1S/C27H36NO4P/c1-28(2,3)22-24-32-33(29,30)31-23-12-11-17-27-20-18-26(19-21-27)16-8-5-4-7-13-25-14-9-6-10-15-25/h4-10,13-16,18-21H,11-12,17,22-24H2,1-3H3/b5-4+,13-7+,16-8+. The molecule has 0 fully saturated rings.